The quantitative estimate of drug-likeness (QED) is 0.606. The lowest BCUT2D eigenvalue weighted by Gasteiger charge is -2.13. The minimum atomic E-state index is -1.19. The normalized spacial score (nSPS) is 12.0. The van der Waals surface area contributed by atoms with Gasteiger partial charge in [0.05, 0.1) is 0 Å². The fourth-order valence-electron chi connectivity index (χ4n) is 1.70. The van der Waals surface area contributed by atoms with Gasteiger partial charge in [-0.15, -0.1) is 0 Å². The third-order valence-corrected chi connectivity index (χ3v) is 11.8. The number of hydrogen-bond acceptors (Lipinski definition) is 3. The monoisotopic (exact) mass is 366 g/mol. The van der Waals surface area contributed by atoms with Gasteiger partial charge in [0, 0.05) is 6.61 Å². The zero-order chi connectivity index (χ0) is 13.3. The first-order valence-electron chi connectivity index (χ1n) is 6.84. The van der Waals surface area contributed by atoms with Gasteiger partial charge >= 0.3 is 58.3 Å². The molecule has 0 radical (unpaired) electrons. The molecule has 0 aromatic rings. The third kappa shape index (κ3) is 27.2. The van der Waals surface area contributed by atoms with Crippen LogP contribution in [-0.4, -0.2) is 64.9 Å². The van der Waals surface area contributed by atoms with Crippen molar-refractivity contribution in [1.29, 1.82) is 0 Å². The van der Waals surface area contributed by atoms with Gasteiger partial charge in [-0.2, -0.15) is 0 Å². The molecule has 0 aromatic heterocycles. The summed E-state index contributed by atoms with van der Waals surface area (Å²) >= 11 is -3.45. The molecular weight excluding hydrogens is 324 g/mol. The summed E-state index contributed by atoms with van der Waals surface area (Å²) in [7, 11) is 0. The number of rotatable bonds is 4. The first-order valence-corrected chi connectivity index (χ1v) is 16.9. The molecule has 0 aliphatic carbocycles. The Bertz CT molecular complexity index is 168. The zero-order valence-corrected chi connectivity index (χ0v) is 17.0. The molecule has 0 saturated carbocycles. The van der Waals surface area contributed by atoms with Crippen LogP contribution in [0, 0.1) is 0 Å². The molecule has 1 fully saturated rings. The molecule has 21 heavy (non-hydrogen) atoms. The minimum Gasteiger partial charge on any atom is -0.616 e. The van der Waals surface area contributed by atoms with E-state index in [0.717, 1.165) is 6.61 Å². The van der Waals surface area contributed by atoms with E-state index in [-0.39, 0.29) is 29.7 Å². The Morgan fingerprint density at radius 3 is 1.43 bits per heavy atom. The van der Waals surface area contributed by atoms with E-state index in [4.69, 9.17) is 9.47 Å². The van der Waals surface area contributed by atoms with Crippen molar-refractivity contribution in [2.24, 2.45) is 0 Å². The predicted molar refractivity (Wildman–Crippen MR) is 107 cm³/mol. The Balaban J connectivity index is -0.0000000703. The molecule has 0 bridgehead atoms. The molecule has 7 heteroatoms. The first-order chi connectivity index (χ1) is 7.91. The summed E-state index contributed by atoms with van der Waals surface area (Å²) in [5, 5.41) is 1.40. The SMILES string of the molecule is C.C.C.C.[CH3][Al]([CH3])[O][Al]([CH3])[O][Al]([CH3])[CH3].[CH3][Al]1[CH2]CCC[O]1. The Hall–Kier alpha value is 2.01. The second kappa shape index (κ2) is 22.0. The van der Waals surface area contributed by atoms with Crippen LogP contribution in [-0.2, 0) is 9.47 Å². The van der Waals surface area contributed by atoms with Crippen LogP contribution in [0.2, 0.25) is 40.0 Å². The van der Waals surface area contributed by atoms with Gasteiger partial charge in [0.15, 0.2) is 0 Å². The van der Waals surface area contributed by atoms with E-state index >= 15 is 0 Å². The highest BCUT2D eigenvalue weighted by Crippen LogP contribution is 2.09. The molecule has 0 unspecified atom stereocenters. The fraction of sp³-hybridized carbons (Fsp3) is 1.00. The zero-order valence-electron chi connectivity index (χ0n) is 12.4. The Morgan fingerprint density at radius 1 is 0.810 bits per heavy atom. The van der Waals surface area contributed by atoms with Crippen molar-refractivity contribution in [2.45, 2.75) is 82.5 Å². The lowest BCUT2D eigenvalue weighted by atomic mass is 10.4. The van der Waals surface area contributed by atoms with Crippen LogP contribution in [0.1, 0.15) is 42.5 Å². The van der Waals surface area contributed by atoms with E-state index in [0.29, 0.717) is 0 Å². The predicted octanol–water partition coefficient (Wildman–Crippen LogP) is 5.60. The van der Waals surface area contributed by atoms with Crippen LogP contribution in [0.3, 0.4) is 0 Å². The van der Waals surface area contributed by atoms with Crippen molar-refractivity contribution in [2.75, 3.05) is 6.61 Å². The summed E-state index contributed by atoms with van der Waals surface area (Å²) in [6, 6.07) is 0. The standard InChI is InChI=1S/C4H8O.4CH4.6CH3.4Al.2O/c1-2-3-4-5;;;;;;;;;;;;;;;;/h1-4H2;4*1H4;6*1H3;;;;;;/q-1;;;;;;;;;;;;;;+1;;. The van der Waals surface area contributed by atoms with Crippen molar-refractivity contribution in [3.63, 3.8) is 0 Å². The van der Waals surface area contributed by atoms with Crippen LogP contribution < -0.4 is 0 Å². The summed E-state index contributed by atoms with van der Waals surface area (Å²) in [6.07, 6.45) is 2.73. The summed E-state index contributed by atoms with van der Waals surface area (Å²) in [4.78, 5) is 0. The molecular formula is C14H42Al4O3. The van der Waals surface area contributed by atoms with Gasteiger partial charge < -0.3 is 9.47 Å². The molecule has 1 saturated heterocycles. The molecule has 1 aliphatic heterocycles. The van der Waals surface area contributed by atoms with Crippen molar-refractivity contribution in [3.05, 3.63) is 0 Å². The van der Waals surface area contributed by atoms with E-state index in [1.807, 2.05) is 0 Å². The van der Waals surface area contributed by atoms with Crippen molar-refractivity contribution in [1.82, 2.24) is 0 Å². The Labute approximate surface area is 156 Å². The van der Waals surface area contributed by atoms with E-state index in [1.165, 1.54) is 18.1 Å². The molecule has 0 aromatic carbocycles. The molecule has 0 atom stereocenters. The summed E-state index contributed by atoms with van der Waals surface area (Å²) in [6.45, 7) is 1.05. The molecule has 3 nitrogen and oxygen atoms in total. The van der Waals surface area contributed by atoms with E-state index < -0.39 is 58.3 Å². The first kappa shape index (κ1) is 34.4. The van der Waals surface area contributed by atoms with E-state index in [9.17, 15) is 0 Å². The van der Waals surface area contributed by atoms with Gasteiger partial charge in [0.2, 0.25) is 0 Å². The molecule has 0 N–H and O–H groups in total. The second-order valence-electron chi connectivity index (χ2n) is 5.11. The molecule has 1 aliphatic rings. The Kier molecular flexibility index (Phi) is 36.0. The molecule has 1 rings (SSSR count). The van der Waals surface area contributed by atoms with Gasteiger partial charge in [0.25, 0.3) is 0 Å². The second-order valence-corrected chi connectivity index (χ2v) is 15.2. The average molecular weight is 366 g/mol. The maximum atomic E-state index is 5.65. The smallest absolute Gasteiger partial charge is 0.609 e. The fourth-order valence-corrected chi connectivity index (χ4v) is 10.3. The van der Waals surface area contributed by atoms with Crippen LogP contribution in [0.15, 0.2) is 0 Å². The van der Waals surface area contributed by atoms with E-state index in [2.05, 4.69) is 34.7 Å². The summed E-state index contributed by atoms with van der Waals surface area (Å²) in [5.41, 5.74) is 0. The molecule has 0 amide bonds. The lowest BCUT2D eigenvalue weighted by Crippen LogP contribution is -2.29. The highest BCUT2D eigenvalue weighted by Gasteiger charge is 2.21. The average Bonchev–Trinajstić information content (AvgIpc) is 2.16. The largest absolute Gasteiger partial charge is 0.616 e. The number of hydrogen-bond donors (Lipinski definition) is 0. The Morgan fingerprint density at radius 2 is 1.24 bits per heavy atom. The van der Waals surface area contributed by atoms with Crippen molar-refractivity contribution >= 4 is 58.3 Å². The van der Waals surface area contributed by atoms with Crippen molar-refractivity contribution in [3.8, 4) is 0 Å². The van der Waals surface area contributed by atoms with Gasteiger partial charge in [-0.05, 0) is 6.42 Å². The molecule has 0 spiro atoms. The minimum absolute atomic E-state index is 0. The third-order valence-electron chi connectivity index (χ3n) is 2.33. The molecule has 128 valence electrons. The van der Waals surface area contributed by atoms with Gasteiger partial charge in [0.1, 0.15) is 0 Å². The van der Waals surface area contributed by atoms with Gasteiger partial charge in [-0.25, -0.2) is 0 Å². The van der Waals surface area contributed by atoms with Gasteiger partial charge in [-0.1, -0.05) is 76.1 Å². The lowest BCUT2D eigenvalue weighted by molar-refractivity contribution is 0.291. The highest BCUT2D eigenvalue weighted by molar-refractivity contribution is 6.66. The van der Waals surface area contributed by atoms with Gasteiger partial charge in [-0.3, -0.25) is 0 Å². The highest BCUT2D eigenvalue weighted by atomic mass is 27.3. The van der Waals surface area contributed by atoms with Crippen LogP contribution >= 0.6 is 0 Å². The maximum Gasteiger partial charge on any atom is 0.609 e. The maximum absolute atomic E-state index is 5.65. The summed E-state index contributed by atoms with van der Waals surface area (Å²) < 4.78 is 16.7. The van der Waals surface area contributed by atoms with E-state index in [1.54, 1.807) is 0 Å². The molecule has 1 heterocycles. The van der Waals surface area contributed by atoms with Crippen LogP contribution in [0.25, 0.3) is 0 Å². The van der Waals surface area contributed by atoms with Crippen LogP contribution in [0.5, 0.6) is 0 Å². The van der Waals surface area contributed by atoms with Crippen molar-refractivity contribution < 1.29 is 9.47 Å². The summed E-state index contributed by atoms with van der Waals surface area (Å²) in [5.74, 6) is 13.2. The topological polar surface area (TPSA) is 27.7 Å². The van der Waals surface area contributed by atoms with Crippen LogP contribution in [0.4, 0.5) is 0 Å².